The van der Waals surface area contributed by atoms with Crippen molar-refractivity contribution >= 4 is 39.5 Å². The Morgan fingerprint density at radius 3 is 2.47 bits per heavy atom. The fourth-order valence-corrected chi connectivity index (χ4v) is 4.84. The average molecular weight is 494 g/mol. The summed E-state index contributed by atoms with van der Waals surface area (Å²) in [6, 6.07) is 22.6. The van der Waals surface area contributed by atoms with Crippen LogP contribution < -0.4 is 9.62 Å². The number of nitrogens with zero attached hydrogens (tertiary/aromatic N) is 3. The van der Waals surface area contributed by atoms with Crippen LogP contribution in [0.25, 0.3) is 11.4 Å². The number of carbonyl (C=O) groups excluding carboxylic acids is 1. The lowest BCUT2D eigenvalue weighted by Crippen LogP contribution is -2.26. The summed E-state index contributed by atoms with van der Waals surface area (Å²) in [7, 11) is -2.32. The zero-order chi connectivity index (χ0) is 24.3. The van der Waals surface area contributed by atoms with Crippen LogP contribution in [0, 0.1) is 11.7 Å². The molecule has 0 radical (unpaired) electrons. The molecule has 0 unspecified atom stereocenters. The monoisotopic (exact) mass is 493 g/mol. The standard InChI is InChI=1S/C24H23N5O3S2/c1-17-11-13-18(14-12-17)23-26-27-24(33)29(23)16-22(30)25-19-7-6-10-21(15-19)34(31,32)28(2)20-8-4-3-5-9-20/h3-15H,16H2,1-2H3,(H,25,30)(H,27,33). The zero-order valence-electron chi connectivity index (χ0n) is 18.6. The first-order valence-electron chi connectivity index (χ1n) is 10.4. The molecule has 0 aliphatic rings. The van der Waals surface area contributed by atoms with E-state index in [0.29, 0.717) is 22.0 Å². The molecule has 0 spiro atoms. The summed E-state index contributed by atoms with van der Waals surface area (Å²) < 4.78 is 29.3. The second-order valence-corrected chi connectivity index (χ2v) is 10.0. The third-order valence-corrected chi connectivity index (χ3v) is 7.36. The van der Waals surface area contributed by atoms with E-state index in [0.717, 1.165) is 11.1 Å². The lowest BCUT2D eigenvalue weighted by atomic mass is 10.1. The fraction of sp³-hybridized carbons (Fsp3) is 0.125. The summed E-state index contributed by atoms with van der Waals surface area (Å²) >= 11 is 5.31. The maximum Gasteiger partial charge on any atom is 0.264 e. The maximum absolute atomic E-state index is 13.1. The molecule has 1 amide bonds. The topological polar surface area (TPSA) is 100 Å². The van der Waals surface area contributed by atoms with Gasteiger partial charge in [0.25, 0.3) is 10.0 Å². The number of H-pyrrole nitrogens is 1. The van der Waals surface area contributed by atoms with E-state index < -0.39 is 10.0 Å². The van der Waals surface area contributed by atoms with Gasteiger partial charge in [0.05, 0.1) is 10.6 Å². The van der Waals surface area contributed by atoms with E-state index in [4.69, 9.17) is 12.2 Å². The van der Waals surface area contributed by atoms with Gasteiger partial charge in [0, 0.05) is 18.3 Å². The number of benzene rings is 3. The Bertz CT molecular complexity index is 1480. The van der Waals surface area contributed by atoms with Gasteiger partial charge >= 0.3 is 0 Å². The number of rotatable bonds is 7. The van der Waals surface area contributed by atoms with Crippen molar-refractivity contribution < 1.29 is 13.2 Å². The molecule has 34 heavy (non-hydrogen) atoms. The van der Waals surface area contributed by atoms with Crippen LogP contribution in [0.15, 0.2) is 83.8 Å². The molecule has 0 atom stereocenters. The van der Waals surface area contributed by atoms with Gasteiger partial charge in [0.2, 0.25) is 5.91 Å². The van der Waals surface area contributed by atoms with Gasteiger partial charge in [-0.3, -0.25) is 18.8 Å². The number of sulfonamides is 1. The summed E-state index contributed by atoms with van der Waals surface area (Å²) in [5, 5.41) is 9.73. The Balaban J connectivity index is 1.53. The molecule has 2 N–H and O–H groups in total. The van der Waals surface area contributed by atoms with Crippen molar-refractivity contribution in [3.63, 3.8) is 0 Å². The minimum absolute atomic E-state index is 0.0666. The molecule has 0 bridgehead atoms. The van der Waals surface area contributed by atoms with Crippen molar-refractivity contribution in [1.82, 2.24) is 14.8 Å². The molecule has 1 aromatic heterocycles. The first-order valence-corrected chi connectivity index (χ1v) is 12.3. The Morgan fingerprint density at radius 1 is 1.06 bits per heavy atom. The molecule has 1 heterocycles. The minimum Gasteiger partial charge on any atom is -0.324 e. The van der Waals surface area contributed by atoms with Crippen molar-refractivity contribution in [1.29, 1.82) is 0 Å². The highest BCUT2D eigenvalue weighted by molar-refractivity contribution is 7.92. The number of carbonyl (C=O) groups is 1. The summed E-state index contributed by atoms with van der Waals surface area (Å²) in [6.45, 7) is 1.90. The number of nitrogens with one attached hydrogen (secondary N) is 2. The molecule has 0 saturated carbocycles. The van der Waals surface area contributed by atoms with Crippen molar-refractivity contribution in [3.8, 4) is 11.4 Å². The van der Waals surface area contributed by atoms with Crippen LogP contribution in [-0.2, 0) is 21.4 Å². The van der Waals surface area contributed by atoms with E-state index in [2.05, 4.69) is 15.5 Å². The molecule has 8 nitrogen and oxygen atoms in total. The van der Waals surface area contributed by atoms with Gasteiger partial charge in [0.15, 0.2) is 10.6 Å². The summed E-state index contributed by atoms with van der Waals surface area (Å²) in [5.74, 6) is 0.179. The Kier molecular flexibility index (Phi) is 6.62. The number of hydrogen-bond acceptors (Lipinski definition) is 5. The highest BCUT2D eigenvalue weighted by atomic mass is 32.2. The zero-order valence-corrected chi connectivity index (χ0v) is 20.2. The molecule has 10 heteroatoms. The molecule has 174 valence electrons. The maximum atomic E-state index is 13.1. The van der Waals surface area contributed by atoms with Gasteiger partial charge in [-0.2, -0.15) is 5.10 Å². The molecule has 0 aliphatic carbocycles. The second kappa shape index (κ2) is 9.62. The van der Waals surface area contributed by atoms with Crippen LogP contribution >= 0.6 is 12.2 Å². The SMILES string of the molecule is Cc1ccc(-c2n[nH]c(=S)n2CC(=O)Nc2cccc(S(=O)(=O)N(C)c3ccccc3)c2)cc1. The minimum atomic E-state index is -3.81. The number of para-hydroxylation sites is 1. The molecular formula is C24H23N5O3S2. The highest BCUT2D eigenvalue weighted by Crippen LogP contribution is 2.24. The van der Waals surface area contributed by atoms with E-state index in [1.54, 1.807) is 41.0 Å². The number of amides is 1. The molecule has 0 saturated heterocycles. The molecular weight excluding hydrogens is 470 g/mol. The van der Waals surface area contributed by atoms with Gasteiger partial charge in [-0.05, 0) is 49.5 Å². The van der Waals surface area contributed by atoms with Crippen molar-refractivity contribution in [2.24, 2.45) is 0 Å². The Morgan fingerprint density at radius 2 is 1.76 bits per heavy atom. The third kappa shape index (κ3) is 4.92. The molecule has 4 aromatic rings. The van der Waals surface area contributed by atoms with E-state index in [9.17, 15) is 13.2 Å². The molecule has 4 rings (SSSR count). The van der Waals surface area contributed by atoms with Gasteiger partial charge in [0.1, 0.15) is 6.54 Å². The van der Waals surface area contributed by atoms with Crippen LogP contribution in [0.5, 0.6) is 0 Å². The molecule has 0 fully saturated rings. The summed E-state index contributed by atoms with van der Waals surface area (Å²) in [5.41, 5.74) is 2.83. The van der Waals surface area contributed by atoms with Crippen LogP contribution in [0.3, 0.4) is 0 Å². The normalized spacial score (nSPS) is 11.2. The number of aromatic amines is 1. The largest absolute Gasteiger partial charge is 0.324 e. The van der Waals surface area contributed by atoms with Crippen molar-refractivity contribution in [2.75, 3.05) is 16.7 Å². The number of aromatic nitrogens is 3. The van der Waals surface area contributed by atoms with E-state index in [-0.39, 0.29) is 17.3 Å². The van der Waals surface area contributed by atoms with Crippen molar-refractivity contribution in [3.05, 3.63) is 89.2 Å². The smallest absolute Gasteiger partial charge is 0.264 e. The van der Waals surface area contributed by atoms with E-state index in [1.807, 2.05) is 37.3 Å². The molecule has 3 aromatic carbocycles. The first-order chi connectivity index (χ1) is 16.3. The van der Waals surface area contributed by atoms with E-state index in [1.165, 1.54) is 23.5 Å². The van der Waals surface area contributed by atoms with Gasteiger partial charge in [-0.15, -0.1) is 0 Å². The predicted molar refractivity (Wildman–Crippen MR) is 135 cm³/mol. The predicted octanol–water partition coefficient (Wildman–Crippen LogP) is 4.38. The summed E-state index contributed by atoms with van der Waals surface area (Å²) in [4.78, 5) is 12.9. The van der Waals surface area contributed by atoms with Crippen LogP contribution in [0.4, 0.5) is 11.4 Å². The fourth-order valence-electron chi connectivity index (χ4n) is 3.40. The lowest BCUT2D eigenvalue weighted by Gasteiger charge is -2.20. The Labute approximate surface area is 202 Å². The number of anilines is 2. The quantitative estimate of drug-likeness (QED) is 0.372. The third-order valence-electron chi connectivity index (χ3n) is 5.27. The van der Waals surface area contributed by atoms with Crippen LogP contribution in [0.2, 0.25) is 0 Å². The van der Waals surface area contributed by atoms with Crippen LogP contribution in [0.1, 0.15) is 5.56 Å². The lowest BCUT2D eigenvalue weighted by molar-refractivity contribution is -0.116. The van der Waals surface area contributed by atoms with E-state index >= 15 is 0 Å². The second-order valence-electron chi connectivity index (χ2n) is 7.69. The van der Waals surface area contributed by atoms with Gasteiger partial charge in [-0.25, -0.2) is 8.42 Å². The highest BCUT2D eigenvalue weighted by Gasteiger charge is 2.22. The average Bonchev–Trinajstić information content (AvgIpc) is 3.19. The van der Waals surface area contributed by atoms with Gasteiger partial charge < -0.3 is 5.32 Å². The summed E-state index contributed by atoms with van der Waals surface area (Å²) in [6.07, 6.45) is 0. The van der Waals surface area contributed by atoms with Crippen molar-refractivity contribution in [2.45, 2.75) is 18.4 Å². The first kappa shape index (κ1) is 23.4. The number of hydrogen-bond donors (Lipinski definition) is 2. The number of aryl methyl sites for hydroxylation is 1. The Hall–Kier alpha value is -3.76. The van der Waals surface area contributed by atoms with Crippen LogP contribution in [-0.4, -0.2) is 36.1 Å². The van der Waals surface area contributed by atoms with Gasteiger partial charge in [-0.1, -0.05) is 54.1 Å². The molecule has 0 aliphatic heterocycles.